The largest absolute Gasteiger partial charge is 0.488 e. The number of nitrogens with one attached hydrogen (secondary N) is 1. The van der Waals surface area contributed by atoms with Gasteiger partial charge in [-0.05, 0) is 19.1 Å². The third kappa shape index (κ3) is 6.29. The van der Waals surface area contributed by atoms with E-state index in [4.69, 9.17) is 15.2 Å². The lowest BCUT2D eigenvalue weighted by molar-refractivity contribution is -0.119. The van der Waals surface area contributed by atoms with Crippen LogP contribution in [0.1, 0.15) is 13.8 Å². The highest BCUT2D eigenvalue weighted by molar-refractivity contribution is 5.92. The highest BCUT2D eigenvalue weighted by atomic mass is 35.5. The zero-order valence-corrected chi connectivity index (χ0v) is 13.2. The minimum Gasteiger partial charge on any atom is -0.488 e. The van der Waals surface area contributed by atoms with Gasteiger partial charge in [-0.15, -0.1) is 12.4 Å². The van der Waals surface area contributed by atoms with Crippen LogP contribution in [0.15, 0.2) is 18.2 Å². The Labute approximate surface area is 130 Å². The number of hydrogen-bond acceptors (Lipinski definition) is 4. The van der Waals surface area contributed by atoms with Crippen LogP contribution >= 0.6 is 12.4 Å². The smallest absolute Gasteiger partial charge is 0.228 e. The van der Waals surface area contributed by atoms with Crippen molar-refractivity contribution in [2.75, 3.05) is 25.6 Å². The summed E-state index contributed by atoms with van der Waals surface area (Å²) in [5.74, 6) is -1.00. The molecule has 0 saturated heterocycles. The number of carbonyl (C=O) groups is 1. The molecule has 120 valence electrons. The van der Waals surface area contributed by atoms with Gasteiger partial charge in [-0.25, -0.2) is 4.39 Å². The Balaban J connectivity index is 0.00000400. The van der Waals surface area contributed by atoms with Crippen LogP contribution in [0, 0.1) is 11.7 Å². The van der Waals surface area contributed by atoms with Crippen molar-refractivity contribution < 1.29 is 18.7 Å². The van der Waals surface area contributed by atoms with Gasteiger partial charge in [0.15, 0.2) is 11.6 Å². The second-order valence-electron chi connectivity index (χ2n) is 4.62. The molecule has 2 atom stereocenters. The molecule has 0 spiro atoms. The number of amides is 1. The van der Waals surface area contributed by atoms with Gasteiger partial charge in [-0.2, -0.15) is 0 Å². The van der Waals surface area contributed by atoms with Crippen molar-refractivity contribution in [3.63, 3.8) is 0 Å². The number of rotatable bonds is 7. The average molecular weight is 321 g/mol. The number of benzene rings is 1. The van der Waals surface area contributed by atoms with Gasteiger partial charge in [-0.1, -0.05) is 6.92 Å². The first-order valence-corrected chi connectivity index (χ1v) is 6.43. The third-order valence-corrected chi connectivity index (χ3v) is 2.95. The Morgan fingerprint density at radius 3 is 2.57 bits per heavy atom. The van der Waals surface area contributed by atoms with Crippen LogP contribution in [0.3, 0.4) is 0 Å². The average Bonchev–Trinajstić information content (AvgIpc) is 2.40. The van der Waals surface area contributed by atoms with Gasteiger partial charge < -0.3 is 20.5 Å². The van der Waals surface area contributed by atoms with Crippen molar-refractivity contribution in [2.45, 2.75) is 19.9 Å². The van der Waals surface area contributed by atoms with Crippen molar-refractivity contribution >= 4 is 24.0 Å². The summed E-state index contributed by atoms with van der Waals surface area (Å²) in [6, 6.07) is 4.00. The topological polar surface area (TPSA) is 73.6 Å². The fourth-order valence-electron chi connectivity index (χ4n) is 1.43. The molecule has 0 heterocycles. The van der Waals surface area contributed by atoms with Crippen molar-refractivity contribution in [1.29, 1.82) is 0 Å². The summed E-state index contributed by atoms with van der Waals surface area (Å²) in [6.07, 6.45) is 0. The summed E-state index contributed by atoms with van der Waals surface area (Å²) in [5.41, 5.74) is 6.02. The predicted molar refractivity (Wildman–Crippen MR) is 82.5 cm³/mol. The second-order valence-corrected chi connectivity index (χ2v) is 4.62. The van der Waals surface area contributed by atoms with Crippen LogP contribution in [0.25, 0.3) is 0 Å². The van der Waals surface area contributed by atoms with E-state index in [1.54, 1.807) is 19.9 Å². The van der Waals surface area contributed by atoms with Crippen LogP contribution in [-0.2, 0) is 9.53 Å². The third-order valence-electron chi connectivity index (χ3n) is 2.95. The van der Waals surface area contributed by atoms with Gasteiger partial charge >= 0.3 is 0 Å². The van der Waals surface area contributed by atoms with Gasteiger partial charge in [-0.3, -0.25) is 4.79 Å². The molecule has 0 fully saturated rings. The zero-order chi connectivity index (χ0) is 15.1. The summed E-state index contributed by atoms with van der Waals surface area (Å²) >= 11 is 0. The Bertz CT molecular complexity index is 458. The Morgan fingerprint density at radius 2 is 2.05 bits per heavy atom. The normalized spacial score (nSPS) is 13.0. The first kappa shape index (κ1) is 19.6. The predicted octanol–water partition coefficient (Wildman–Crippen LogP) is 2.19. The maximum atomic E-state index is 13.7. The molecule has 2 unspecified atom stereocenters. The molecule has 1 rings (SSSR count). The minimum atomic E-state index is -0.535. The Kier molecular flexibility index (Phi) is 8.92. The van der Waals surface area contributed by atoms with E-state index in [9.17, 15) is 9.18 Å². The maximum absolute atomic E-state index is 13.7. The second kappa shape index (κ2) is 9.55. The van der Waals surface area contributed by atoms with Crippen LogP contribution in [0.4, 0.5) is 10.1 Å². The molecule has 0 bridgehead atoms. The van der Waals surface area contributed by atoms with Gasteiger partial charge in [0.05, 0.1) is 12.5 Å². The molecule has 1 amide bonds. The Hall–Kier alpha value is -1.37. The molecular formula is C14H22ClFN2O3. The summed E-state index contributed by atoms with van der Waals surface area (Å²) < 4.78 is 23.7. The van der Waals surface area contributed by atoms with Crippen molar-refractivity contribution in [1.82, 2.24) is 0 Å². The Morgan fingerprint density at radius 1 is 1.38 bits per heavy atom. The summed E-state index contributed by atoms with van der Waals surface area (Å²) in [4.78, 5) is 11.8. The molecular weight excluding hydrogens is 299 g/mol. The molecule has 21 heavy (non-hydrogen) atoms. The quantitative estimate of drug-likeness (QED) is 0.755. The van der Waals surface area contributed by atoms with Gasteiger partial charge in [0, 0.05) is 24.9 Å². The molecule has 0 aliphatic carbocycles. The van der Waals surface area contributed by atoms with E-state index >= 15 is 0 Å². The first-order chi connectivity index (χ1) is 9.45. The van der Waals surface area contributed by atoms with Crippen LogP contribution in [0.5, 0.6) is 5.75 Å². The van der Waals surface area contributed by atoms with Crippen LogP contribution < -0.4 is 15.8 Å². The molecule has 1 aromatic carbocycles. The van der Waals surface area contributed by atoms with Crippen molar-refractivity contribution in [3.8, 4) is 5.75 Å². The van der Waals surface area contributed by atoms with E-state index in [0.717, 1.165) is 0 Å². The van der Waals surface area contributed by atoms with Crippen molar-refractivity contribution in [2.24, 2.45) is 11.7 Å². The molecule has 0 aromatic heterocycles. The number of methoxy groups -OCH3 is 1. The van der Waals surface area contributed by atoms with E-state index < -0.39 is 5.82 Å². The van der Waals surface area contributed by atoms with E-state index in [2.05, 4.69) is 5.32 Å². The number of anilines is 1. The number of nitrogens with two attached hydrogens (primary N) is 1. The highest BCUT2D eigenvalue weighted by Crippen LogP contribution is 2.21. The molecule has 3 N–H and O–H groups in total. The van der Waals surface area contributed by atoms with E-state index in [1.807, 2.05) is 0 Å². The number of ether oxygens (including phenoxy) is 2. The molecule has 1 aromatic rings. The van der Waals surface area contributed by atoms with Crippen LogP contribution in [-0.4, -0.2) is 32.3 Å². The first-order valence-electron chi connectivity index (χ1n) is 6.43. The number of carbonyl (C=O) groups excluding carboxylic acids is 1. The maximum Gasteiger partial charge on any atom is 0.228 e. The summed E-state index contributed by atoms with van der Waals surface area (Å²) in [7, 11) is 1.54. The van der Waals surface area contributed by atoms with Gasteiger partial charge in [0.25, 0.3) is 0 Å². The fraction of sp³-hybridized carbons (Fsp3) is 0.500. The molecule has 0 saturated carbocycles. The molecule has 0 aliphatic rings. The lowest BCUT2D eigenvalue weighted by atomic mass is 10.0. The van der Waals surface area contributed by atoms with Crippen LogP contribution in [0.2, 0.25) is 0 Å². The lowest BCUT2D eigenvalue weighted by Crippen LogP contribution is -2.34. The zero-order valence-electron chi connectivity index (χ0n) is 12.4. The van der Waals surface area contributed by atoms with E-state index in [0.29, 0.717) is 12.3 Å². The monoisotopic (exact) mass is 320 g/mol. The molecule has 0 aliphatic heterocycles. The standard InChI is InChI=1S/C14H21FN2O3.ClH/c1-9(10(2)16)14(18)17-11-4-5-13(12(15)8-11)20-7-6-19-3;/h4-5,8-10H,6-7,16H2,1-3H3,(H,17,18);1H. The fourth-order valence-corrected chi connectivity index (χ4v) is 1.43. The molecule has 7 heteroatoms. The highest BCUT2D eigenvalue weighted by Gasteiger charge is 2.17. The van der Waals surface area contributed by atoms with E-state index in [-0.39, 0.29) is 42.6 Å². The molecule has 5 nitrogen and oxygen atoms in total. The number of hydrogen-bond donors (Lipinski definition) is 2. The van der Waals surface area contributed by atoms with Gasteiger partial charge in [0.1, 0.15) is 6.61 Å². The van der Waals surface area contributed by atoms with E-state index in [1.165, 1.54) is 19.2 Å². The SMILES string of the molecule is COCCOc1ccc(NC(=O)C(C)C(C)N)cc1F.Cl. The number of halogens is 2. The summed E-state index contributed by atoms with van der Waals surface area (Å²) in [6.45, 7) is 4.11. The lowest BCUT2D eigenvalue weighted by Gasteiger charge is -2.15. The van der Waals surface area contributed by atoms with Crippen molar-refractivity contribution in [3.05, 3.63) is 24.0 Å². The molecule has 0 radical (unpaired) electrons. The minimum absolute atomic E-state index is 0. The summed E-state index contributed by atoms with van der Waals surface area (Å²) in [5, 5.41) is 2.62. The van der Waals surface area contributed by atoms with Gasteiger partial charge in [0.2, 0.25) is 5.91 Å².